The summed E-state index contributed by atoms with van der Waals surface area (Å²) in [5.74, 6) is 0. The van der Waals surface area contributed by atoms with E-state index in [1.165, 1.54) is 0 Å². The molecule has 0 aliphatic carbocycles. The molecule has 2 saturated heterocycles. The van der Waals surface area contributed by atoms with Gasteiger partial charge in [-0.15, -0.1) is 0 Å². The van der Waals surface area contributed by atoms with Gasteiger partial charge in [-0.25, -0.2) is 0 Å². The Balaban J connectivity index is 1.87. The number of aryl methyl sites for hydroxylation is 1. The van der Waals surface area contributed by atoms with Gasteiger partial charge in [-0.05, 0) is 31.9 Å². The third-order valence-electron chi connectivity index (χ3n) is 3.55. The molecular weight excluding hydrogens is 218 g/mol. The summed E-state index contributed by atoms with van der Waals surface area (Å²) in [5, 5.41) is 22.4. The van der Waals surface area contributed by atoms with Crippen molar-refractivity contribution in [2.75, 3.05) is 13.2 Å². The van der Waals surface area contributed by atoms with Crippen LogP contribution in [0.15, 0.2) is 12.1 Å². The molecule has 0 amide bonds. The molecule has 1 aromatic heterocycles. The van der Waals surface area contributed by atoms with Crippen molar-refractivity contribution in [3.8, 4) is 0 Å². The summed E-state index contributed by atoms with van der Waals surface area (Å²) in [4.78, 5) is 0. The number of hydrogen-bond acceptors (Lipinski definition) is 5. The Kier molecular flexibility index (Phi) is 2.61. The molecule has 2 atom stereocenters. The number of piperidine rings is 1. The molecular formula is C12H17N3O2. The monoisotopic (exact) mass is 235 g/mol. The van der Waals surface area contributed by atoms with Gasteiger partial charge in [-0.1, -0.05) is 0 Å². The van der Waals surface area contributed by atoms with Crippen LogP contribution in [0.5, 0.6) is 0 Å². The summed E-state index contributed by atoms with van der Waals surface area (Å²) in [7, 11) is 0. The van der Waals surface area contributed by atoms with Crippen molar-refractivity contribution in [1.29, 1.82) is 0 Å². The topological polar surface area (TPSA) is 67.3 Å². The quantitative estimate of drug-likeness (QED) is 0.724. The van der Waals surface area contributed by atoms with E-state index in [4.69, 9.17) is 4.74 Å². The summed E-state index contributed by atoms with van der Waals surface area (Å²) in [6.45, 7) is 3.22. The molecule has 5 nitrogen and oxygen atoms in total. The second-order valence-electron chi connectivity index (χ2n) is 5.10. The Labute approximate surface area is 100 Å². The Morgan fingerprint density at radius 3 is 2.59 bits per heavy atom. The summed E-state index contributed by atoms with van der Waals surface area (Å²) >= 11 is 0. The van der Waals surface area contributed by atoms with Crippen LogP contribution in [0.3, 0.4) is 0 Å². The van der Waals surface area contributed by atoms with Crippen molar-refractivity contribution in [3.63, 3.8) is 0 Å². The number of hydrogen-bond donors (Lipinski definition) is 2. The molecule has 2 aliphatic heterocycles. The fourth-order valence-corrected chi connectivity index (χ4v) is 2.77. The molecule has 92 valence electrons. The van der Waals surface area contributed by atoms with E-state index >= 15 is 0 Å². The third-order valence-corrected chi connectivity index (χ3v) is 3.55. The summed E-state index contributed by atoms with van der Waals surface area (Å²) < 4.78 is 5.48. The zero-order valence-electron chi connectivity index (χ0n) is 9.89. The van der Waals surface area contributed by atoms with E-state index in [-0.39, 0.29) is 12.1 Å². The highest BCUT2D eigenvalue weighted by Gasteiger charge is 2.43. The number of fused-ring (bicyclic) bond motifs is 2. The van der Waals surface area contributed by atoms with Crippen LogP contribution in [-0.2, 0) is 10.3 Å². The van der Waals surface area contributed by atoms with Crippen LogP contribution in [0, 0.1) is 6.92 Å². The van der Waals surface area contributed by atoms with Crippen LogP contribution in [0.25, 0.3) is 0 Å². The molecule has 2 aliphatic rings. The Bertz CT molecular complexity index is 395. The first kappa shape index (κ1) is 11.1. The maximum absolute atomic E-state index is 10.7. The standard InChI is InChI=1S/C12H17N3O2/c1-8-2-3-11(15-14-8)12(16)4-9-6-17-7-10(5-12)13-9/h2-3,9-10,13,16H,4-7H2,1H3. The average molecular weight is 235 g/mol. The van der Waals surface area contributed by atoms with Gasteiger partial charge >= 0.3 is 0 Å². The maximum atomic E-state index is 10.7. The Hall–Kier alpha value is -1.04. The minimum atomic E-state index is -0.856. The van der Waals surface area contributed by atoms with Crippen LogP contribution in [0.1, 0.15) is 24.2 Å². The highest BCUT2D eigenvalue weighted by atomic mass is 16.5. The molecule has 2 unspecified atom stereocenters. The molecule has 2 fully saturated rings. The molecule has 0 radical (unpaired) electrons. The number of rotatable bonds is 1. The molecule has 0 spiro atoms. The molecule has 3 rings (SSSR count). The van der Waals surface area contributed by atoms with Gasteiger partial charge in [0.1, 0.15) is 5.60 Å². The zero-order chi connectivity index (χ0) is 11.9. The Morgan fingerprint density at radius 2 is 2.00 bits per heavy atom. The lowest BCUT2D eigenvalue weighted by atomic mass is 9.80. The molecule has 17 heavy (non-hydrogen) atoms. The number of nitrogens with one attached hydrogen (secondary N) is 1. The minimum Gasteiger partial charge on any atom is -0.383 e. The van der Waals surface area contributed by atoms with Crippen LogP contribution in [0.2, 0.25) is 0 Å². The number of nitrogens with zero attached hydrogens (tertiary/aromatic N) is 2. The molecule has 5 heteroatoms. The van der Waals surface area contributed by atoms with Gasteiger partial charge < -0.3 is 15.2 Å². The molecule has 2 N–H and O–H groups in total. The smallest absolute Gasteiger partial charge is 0.111 e. The zero-order valence-corrected chi connectivity index (χ0v) is 9.89. The minimum absolute atomic E-state index is 0.218. The highest BCUT2D eigenvalue weighted by molar-refractivity contribution is 5.16. The first-order valence-electron chi connectivity index (χ1n) is 6.03. The maximum Gasteiger partial charge on any atom is 0.111 e. The highest BCUT2D eigenvalue weighted by Crippen LogP contribution is 2.35. The normalized spacial score (nSPS) is 36.8. The molecule has 0 aromatic carbocycles. The molecule has 3 heterocycles. The summed E-state index contributed by atoms with van der Waals surface area (Å²) in [6.07, 6.45) is 1.28. The number of ether oxygens (including phenoxy) is 1. The van der Waals surface area contributed by atoms with Crippen molar-refractivity contribution in [2.45, 2.75) is 37.5 Å². The van der Waals surface area contributed by atoms with Gasteiger partial charge in [0.15, 0.2) is 0 Å². The lowest BCUT2D eigenvalue weighted by Gasteiger charge is -2.44. The van der Waals surface area contributed by atoms with Crippen molar-refractivity contribution in [2.24, 2.45) is 0 Å². The lowest BCUT2D eigenvalue weighted by Crippen LogP contribution is -2.58. The predicted octanol–water partition coefficient (Wildman–Crippen LogP) is 0.123. The molecule has 2 bridgehead atoms. The van der Waals surface area contributed by atoms with E-state index in [0.717, 1.165) is 5.69 Å². The van der Waals surface area contributed by atoms with Gasteiger partial charge in [-0.2, -0.15) is 10.2 Å². The van der Waals surface area contributed by atoms with Crippen molar-refractivity contribution in [3.05, 3.63) is 23.5 Å². The van der Waals surface area contributed by atoms with Gasteiger partial charge in [0.25, 0.3) is 0 Å². The number of morpholine rings is 1. The van der Waals surface area contributed by atoms with Gasteiger partial charge in [-0.3, -0.25) is 0 Å². The largest absolute Gasteiger partial charge is 0.383 e. The van der Waals surface area contributed by atoms with Crippen LogP contribution in [-0.4, -0.2) is 40.6 Å². The van der Waals surface area contributed by atoms with Crippen molar-refractivity contribution in [1.82, 2.24) is 15.5 Å². The van der Waals surface area contributed by atoms with Gasteiger partial charge in [0.2, 0.25) is 0 Å². The van der Waals surface area contributed by atoms with E-state index in [0.29, 0.717) is 31.7 Å². The lowest BCUT2D eigenvalue weighted by molar-refractivity contribution is -0.0828. The molecule has 1 aromatic rings. The average Bonchev–Trinajstić information content (AvgIpc) is 2.29. The van der Waals surface area contributed by atoms with Crippen molar-refractivity contribution >= 4 is 0 Å². The SMILES string of the molecule is Cc1ccc(C2(O)CC3COCC(C2)N3)nn1. The van der Waals surface area contributed by atoms with E-state index in [1.54, 1.807) is 0 Å². The summed E-state index contributed by atoms with van der Waals surface area (Å²) in [6, 6.07) is 4.21. The van der Waals surface area contributed by atoms with Crippen LogP contribution in [0.4, 0.5) is 0 Å². The third kappa shape index (κ3) is 2.06. The fourth-order valence-electron chi connectivity index (χ4n) is 2.77. The van der Waals surface area contributed by atoms with Crippen LogP contribution >= 0.6 is 0 Å². The summed E-state index contributed by atoms with van der Waals surface area (Å²) in [5.41, 5.74) is 0.696. The van der Waals surface area contributed by atoms with E-state index < -0.39 is 5.60 Å². The van der Waals surface area contributed by atoms with E-state index in [9.17, 15) is 5.11 Å². The second kappa shape index (κ2) is 4.01. The predicted molar refractivity (Wildman–Crippen MR) is 61.4 cm³/mol. The number of aromatic nitrogens is 2. The first-order chi connectivity index (χ1) is 8.16. The molecule has 0 saturated carbocycles. The van der Waals surface area contributed by atoms with E-state index in [2.05, 4.69) is 15.5 Å². The van der Waals surface area contributed by atoms with Gasteiger partial charge in [0.05, 0.1) is 24.6 Å². The van der Waals surface area contributed by atoms with Gasteiger partial charge in [0, 0.05) is 12.1 Å². The first-order valence-corrected chi connectivity index (χ1v) is 6.03. The van der Waals surface area contributed by atoms with E-state index in [1.807, 2.05) is 19.1 Å². The fraction of sp³-hybridized carbons (Fsp3) is 0.667. The second-order valence-corrected chi connectivity index (χ2v) is 5.10. The Morgan fingerprint density at radius 1 is 1.29 bits per heavy atom. The van der Waals surface area contributed by atoms with Crippen molar-refractivity contribution < 1.29 is 9.84 Å². The number of aliphatic hydroxyl groups is 1. The van der Waals surface area contributed by atoms with Crippen LogP contribution < -0.4 is 5.32 Å².